The third kappa shape index (κ3) is 5.82. The molecule has 0 bridgehead atoms. The van der Waals surface area contributed by atoms with E-state index in [-0.39, 0.29) is 12.1 Å². The number of urea groups is 1. The van der Waals surface area contributed by atoms with Gasteiger partial charge in [0, 0.05) is 57.2 Å². The van der Waals surface area contributed by atoms with E-state index in [4.69, 9.17) is 9.47 Å². The SMILES string of the molecule is COc1cccc(N2CCC(CNC(=O)NCc3ccc(N4CCOC(C)C4)nc3)C2)c1. The van der Waals surface area contributed by atoms with Crippen LogP contribution in [0.1, 0.15) is 18.9 Å². The zero-order valence-electron chi connectivity index (χ0n) is 18.9. The summed E-state index contributed by atoms with van der Waals surface area (Å²) in [7, 11) is 1.68. The van der Waals surface area contributed by atoms with Crippen LogP contribution in [0.4, 0.5) is 16.3 Å². The minimum atomic E-state index is -0.143. The summed E-state index contributed by atoms with van der Waals surface area (Å²) >= 11 is 0. The highest BCUT2D eigenvalue weighted by molar-refractivity contribution is 5.73. The van der Waals surface area contributed by atoms with Crippen LogP contribution in [0, 0.1) is 5.92 Å². The molecule has 2 aliphatic rings. The number of nitrogens with zero attached hydrogens (tertiary/aromatic N) is 3. The van der Waals surface area contributed by atoms with Gasteiger partial charge in [0.25, 0.3) is 0 Å². The van der Waals surface area contributed by atoms with Crippen molar-refractivity contribution < 1.29 is 14.3 Å². The molecule has 0 spiro atoms. The van der Waals surface area contributed by atoms with Crippen LogP contribution in [-0.2, 0) is 11.3 Å². The summed E-state index contributed by atoms with van der Waals surface area (Å²) in [5.74, 6) is 2.25. The van der Waals surface area contributed by atoms with Crippen LogP contribution in [0.25, 0.3) is 0 Å². The number of amides is 2. The smallest absolute Gasteiger partial charge is 0.315 e. The van der Waals surface area contributed by atoms with Gasteiger partial charge < -0.3 is 29.9 Å². The summed E-state index contributed by atoms with van der Waals surface area (Å²) in [6.45, 7) is 7.55. The van der Waals surface area contributed by atoms with E-state index in [0.29, 0.717) is 19.0 Å². The van der Waals surface area contributed by atoms with Crippen molar-refractivity contribution in [1.29, 1.82) is 0 Å². The van der Waals surface area contributed by atoms with Crippen molar-refractivity contribution in [2.75, 3.05) is 56.2 Å². The fourth-order valence-electron chi connectivity index (χ4n) is 4.26. The minimum Gasteiger partial charge on any atom is -0.497 e. The van der Waals surface area contributed by atoms with E-state index < -0.39 is 0 Å². The zero-order chi connectivity index (χ0) is 22.3. The van der Waals surface area contributed by atoms with Crippen molar-refractivity contribution >= 4 is 17.5 Å². The van der Waals surface area contributed by atoms with E-state index >= 15 is 0 Å². The summed E-state index contributed by atoms with van der Waals surface area (Å²) in [6, 6.07) is 12.0. The van der Waals surface area contributed by atoms with Crippen LogP contribution in [0.2, 0.25) is 0 Å². The topological polar surface area (TPSA) is 79.0 Å². The van der Waals surface area contributed by atoms with Gasteiger partial charge in [0.1, 0.15) is 11.6 Å². The molecule has 8 heteroatoms. The van der Waals surface area contributed by atoms with Crippen molar-refractivity contribution in [3.63, 3.8) is 0 Å². The van der Waals surface area contributed by atoms with Gasteiger partial charge >= 0.3 is 6.03 Å². The molecule has 3 heterocycles. The molecule has 32 heavy (non-hydrogen) atoms. The monoisotopic (exact) mass is 439 g/mol. The maximum atomic E-state index is 12.3. The average Bonchev–Trinajstić information content (AvgIpc) is 3.31. The van der Waals surface area contributed by atoms with Crippen molar-refractivity contribution in [1.82, 2.24) is 15.6 Å². The predicted octanol–water partition coefficient (Wildman–Crippen LogP) is 2.64. The lowest BCUT2D eigenvalue weighted by atomic mass is 10.1. The molecule has 2 atom stereocenters. The number of anilines is 2. The fraction of sp³-hybridized carbons (Fsp3) is 0.500. The highest BCUT2D eigenvalue weighted by atomic mass is 16.5. The molecule has 2 N–H and O–H groups in total. The molecule has 2 aliphatic heterocycles. The Morgan fingerprint density at radius 3 is 2.88 bits per heavy atom. The van der Waals surface area contributed by atoms with E-state index in [1.54, 1.807) is 7.11 Å². The third-order valence-corrected chi connectivity index (χ3v) is 6.08. The Kier molecular flexibility index (Phi) is 7.32. The molecule has 2 aromatic rings. The minimum absolute atomic E-state index is 0.143. The second-order valence-electron chi connectivity index (χ2n) is 8.52. The number of aromatic nitrogens is 1. The molecule has 8 nitrogen and oxygen atoms in total. The maximum absolute atomic E-state index is 12.3. The molecule has 0 saturated carbocycles. The molecule has 1 aromatic heterocycles. The fourth-order valence-corrected chi connectivity index (χ4v) is 4.26. The number of morpholine rings is 1. The Bertz CT molecular complexity index is 891. The maximum Gasteiger partial charge on any atom is 0.315 e. The van der Waals surface area contributed by atoms with Crippen molar-refractivity contribution in [3.05, 3.63) is 48.2 Å². The number of pyridine rings is 1. The summed E-state index contributed by atoms with van der Waals surface area (Å²) in [4.78, 5) is 21.4. The highest BCUT2D eigenvalue weighted by Crippen LogP contribution is 2.26. The first-order valence-electron chi connectivity index (χ1n) is 11.3. The molecule has 0 radical (unpaired) electrons. The van der Waals surface area contributed by atoms with E-state index in [1.165, 1.54) is 5.69 Å². The molecule has 2 amide bonds. The van der Waals surface area contributed by atoms with Crippen molar-refractivity contribution in [2.24, 2.45) is 5.92 Å². The number of carbonyl (C=O) groups is 1. The molecule has 0 aliphatic carbocycles. The van der Waals surface area contributed by atoms with Gasteiger partial charge in [-0.3, -0.25) is 0 Å². The van der Waals surface area contributed by atoms with Crippen LogP contribution < -0.4 is 25.2 Å². The average molecular weight is 440 g/mol. The van der Waals surface area contributed by atoms with Crippen LogP contribution >= 0.6 is 0 Å². The molecular weight excluding hydrogens is 406 g/mol. The number of nitrogens with one attached hydrogen (secondary N) is 2. The number of carbonyl (C=O) groups excluding carboxylic acids is 1. The van der Waals surface area contributed by atoms with Gasteiger partial charge in [-0.2, -0.15) is 0 Å². The van der Waals surface area contributed by atoms with Gasteiger partial charge in [0.2, 0.25) is 0 Å². The third-order valence-electron chi connectivity index (χ3n) is 6.08. The lowest BCUT2D eigenvalue weighted by molar-refractivity contribution is 0.0529. The lowest BCUT2D eigenvalue weighted by Crippen LogP contribution is -2.41. The normalized spacial score (nSPS) is 20.8. The number of rotatable bonds is 7. The van der Waals surface area contributed by atoms with Crippen LogP contribution in [0.5, 0.6) is 5.75 Å². The standard InChI is InChI=1S/C24H33N5O3/c1-18-16-29(10-11-32-18)23-7-6-19(13-25-23)14-26-24(30)27-15-20-8-9-28(17-20)21-4-3-5-22(12-21)31-2/h3-7,12-13,18,20H,8-11,14-17H2,1-2H3,(H2,26,27,30). The van der Waals surface area contributed by atoms with Gasteiger partial charge in [0.15, 0.2) is 0 Å². The number of benzene rings is 1. The summed E-state index contributed by atoms with van der Waals surface area (Å²) < 4.78 is 10.9. The van der Waals surface area contributed by atoms with Crippen LogP contribution in [0.15, 0.2) is 42.6 Å². The van der Waals surface area contributed by atoms with E-state index in [1.807, 2.05) is 30.5 Å². The number of ether oxygens (including phenoxy) is 2. The number of methoxy groups -OCH3 is 1. The zero-order valence-corrected chi connectivity index (χ0v) is 18.9. The van der Waals surface area contributed by atoms with Crippen molar-refractivity contribution in [2.45, 2.75) is 26.0 Å². The summed E-state index contributed by atoms with van der Waals surface area (Å²) in [5, 5.41) is 5.95. The Hall–Kier alpha value is -3.00. The molecule has 1 aromatic carbocycles. The molecule has 2 fully saturated rings. The van der Waals surface area contributed by atoms with Gasteiger partial charge in [-0.05, 0) is 43.0 Å². The van der Waals surface area contributed by atoms with Gasteiger partial charge in [-0.1, -0.05) is 12.1 Å². The van der Waals surface area contributed by atoms with Crippen molar-refractivity contribution in [3.8, 4) is 5.75 Å². The Labute approximate surface area is 189 Å². The van der Waals surface area contributed by atoms with Gasteiger partial charge in [0.05, 0.1) is 19.8 Å². The van der Waals surface area contributed by atoms with Crippen LogP contribution in [-0.4, -0.2) is 63.6 Å². The first kappa shape index (κ1) is 22.2. The summed E-state index contributed by atoms with van der Waals surface area (Å²) in [5.41, 5.74) is 2.15. The Balaban J connectivity index is 1.18. The quantitative estimate of drug-likeness (QED) is 0.691. The predicted molar refractivity (Wildman–Crippen MR) is 125 cm³/mol. The molecule has 2 unspecified atom stereocenters. The second-order valence-corrected chi connectivity index (χ2v) is 8.52. The Morgan fingerprint density at radius 1 is 1.19 bits per heavy atom. The van der Waals surface area contributed by atoms with Crippen LogP contribution in [0.3, 0.4) is 0 Å². The number of hydrogen-bond acceptors (Lipinski definition) is 6. The Morgan fingerprint density at radius 2 is 2.09 bits per heavy atom. The highest BCUT2D eigenvalue weighted by Gasteiger charge is 2.23. The molecule has 2 saturated heterocycles. The number of hydrogen-bond donors (Lipinski definition) is 2. The first-order chi connectivity index (χ1) is 15.6. The van der Waals surface area contributed by atoms with Gasteiger partial charge in [-0.25, -0.2) is 9.78 Å². The van der Waals surface area contributed by atoms with E-state index in [9.17, 15) is 4.79 Å². The molecular formula is C24H33N5O3. The second kappa shape index (κ2) is 10.5. The molecule has 4 rings (SSSR count). The first-order valence-corrected chi connectivity index (χ1v) is 11.3. The summed E-state index contributed by atoms with van der Waals surface area (Å²) in [6.07, 6.45) is 3.11. The van der Waals surface area contributed by atoms with E-state index in [0.717, 1.165) is 56.3 Å². The largest absolute Gasteiger partial charge is 0.497 e. The van der Waals surface area contributed by atoms with E-state index in [2.05, 4.69) is 44.5 Å². The molecule has 172 valence electrons. The van der Waals surface area contributed by atoms with Gasteiger partial charge in [-0.15, -0.1) is 0 Å². The lowest BCUT2D eigenvalue weighted by Gasteiger charge is -2.32.